The highest BCUT2D eigenvalue weighted by Gasteiger charge is 2.22. The Bertz CT molecular complexity index is 770. The number of hydrogen-bond donors (Lipinski definition) is 2. The highest BCUT2D eigenvalue weighted by atomic mass is 35.5. The fourth-order valence-corrected chi connectivity index (χ4v) is 2.38. The molecule has 0 aliphatic rings. The molecule has 0 amide bonds. The minimum Gasteiger partial charge on any atom is -0.459 e. The van der Waals surface area contributed by atoms with Crippen LogP contribution in [0.15, 0.2) is 46.9 Å². The van der Waals surface area contributed by atoms with Crippen molar-refractivity contribution < 1.29 is 13.2 Å². The van der Waals surface area contributed by atoms with Crippen molar-refractivity contribution in [3.8, 4) is 0 Å². The molecule has 6 heteroatoms. The van der Waals surface area contributed by atoms with Crippen LogP contribution in [0, 0.1) is 11.6 Å². The molecule has 0 radical (unpaired) electrons. The molecule has 0 saturated carbocycles. The van der Waals surface area contributed by atoms with Crippen LogP contribution < -0.4 is 11.3 Å². The van der Waals surface area contributed by atoms with Gasteiger partial charge in [-0.15, -0.1) is 0 Å². The van der Waals surface area contributed by atoms with E-state index in [0.717, 1.165) is 17.5 Å². The topological polar surface area (TPSA) is 51.2 Å². The Balaban J connectivity index is 2.11. The van der Waals surface area contributed by atoms with Crippen molar-refractivity contribution in [3.63, 3.8) is 0 Å². The van der Waals surface area contributed by atoms with Gasteiger partial charge in [-0.2, -0.15) is 0 Å². The molecule has 0 aliphatic carbocycles. The normalized spacial score (nSPS) is 12.8. The average molecular weight is 309 g/mol. The van der Waals surface area contributed by atoms with Crippen LogP contribution in [0.5, 0.6) is 0 Å². The molecule has 1 aromatic heterocycles. The average Bonchev–Trinajstić information content (AvgIpc) is 2.88. The first-order valence-electron chi connectivity index (χ1n) is 6.19. The van der Waals surface area contributed by atoms with Gasteiger partial charge >= 0.3 is 0 Å². The largest absolute Gasteiger partial charge is 0.459 e. The van der Waals surface area contributed by atoms with Gasteiger partial charge in [0.2, 0.25) is 0 Å². The maximum absolute atomic E-state index is 14.0. The minimum atomic E-state index is -0.816. The summed E-state index contributed by atoms with van der Waals surface area (Å²) in [7, 11) is 0. The number of nitrogens with two attached hydrogens (primary N) is 1. The number of para-hydroxylation sites is 1. The fraction of sp³-hybridized carbons (Fsp3) is 0.0667. The quantitative estimate of drug-likeness (QED) is 0.438. The maximum Gasteiger partial charge on any atom is 0.142 e. The van der Waals surface area contributed by atoms with E-state index in [4.69, 9.17) is 21.9 Å². The van der Waals surface area contributed by atoms with Crippen molar-refractivity contribution in [2.24, 2.45) is 5.84 Å². The Labute approximate surface area is 124 Å². The van der Waals surface area contributed by atoms with Crippen molar-refractivity contribution >= 4 is 22.6 Å². The molecule has 1 heterocycles. The van der Waals surface area contributed by atoms with Gasteiger partial charge in [0.25, 0.3) is 0 Å². The molecular formula is C15H11ClF2N2O. The molecule has 0 aliphatic heterocycles. The smallest absolute Gasteiger partial charge is 0.142 e. The summed E-state index contributed by atoms with van der Waals surface area (Å²) in [4.78, 5) is 0. The zero-order valence-corrected chi connectivity index (χ0v) is 11.5. The van der Waals surface area contributed by atoms with Gasteiger partial charge in [-0.1, -0.05) is 29.8 Å². The summed E-state index contributed by atoms with van der Waals surface area (Å²) >= 11 is 5.55. The molecule has 108 valence electrons. The highest BCUT2D eigenvalue weighted by Crippen LogP contribution is 2.31. The van der Waals surface area contributed by atoms with Crippen LogP contribution in [0.3, 0.4) is 0 Å². The number of furan rings is 1. The molecule has 1 atom stereocenters. The van der Waals surface area contributed by atoms with E-state index < -0.39 is 17.7 Å². The number of hydrazine groups is 1. The Morgan fingerprint density at radius 3 is 2.57 bits per heavy atom. The molecule has 0 bridgehead atoms. The van der Waals surface area contributed by atoms with Crippen molar-refractivity contribution in [1.29, 1.82) is 0 Å². The number of halogens is 3. The van der Waals surface area contributed by atoms with Gasteiger partial charge in [0.05, 0.1) is 5.02 Å². The lowest BCUT2D eigenvalue weighted by atomic mass is 10.0. The summed E-state index contributed by atoms with van der Waals surface area (Å²) < 4.78 is 33.2. The number of hydrogen-bond acceptors (Lipinski definition) is 3. The third-order valence-corrected chi connectivity index (χ3v) is 3.54. The molecule has 0 fully saturated rings. The first-order chi connectivity index (χ1) is 10.1. The Hall–Kier alpha value is -1.95. The monoisotopic (exact) mass is 308 g/mol. The lowest BCUT2D eigenvalue weighted by Gasteiger charge is -2.15. The molecule has 21 heavy (non-hydrogen) atoms. The number of benzene rings is 2. The molecule has 0 saturated heterocycles. The first-order valence-corrected chi connectivity index (χ1v) is 6.57. The molecule has 3 rings (SSSR count). The highest BCUT2D eigenvalue weighted by molar-refractivity contribution is 6.30. The van der Waals surface area contributed by atoms with Gasteiger partial charge in [0.15, 0.2) is 0 Å². The summed E-state index contributed by atoms with van der Waals surface area (Å²) in [5.74, 6) is 4.49. The van der Waals surface area contributed by atoms with Crippen molar-refractivity contribution in [2.75, 3.05) is 0 Å². The van der Waals surface area contributed by atoms with E-state index in [2.05, 4.69) is 5.43 Å². The van der Waals surface area contributed by atoms with E-state index in [1.807, 2.05) is 18.2 Å². The van der Waals surface area contributed by atoms with Crippen molar-refractivity contribution in [2.45, 2.75) is 6.04 Å². The van der Waals surface area contributed by atoms with Gasteiger partial charge in [-0.25, -0.2) is 14.2 Å². The van der Waals surface area contributed by atoms with Crippen LogP contribution in [0.25, 0.3) is 11.0 Å². The lowest BCUT2D eigenvalue weighted by Crippen LogP contribution is -2.29. The van der Waals surface area contributed by atoms with Crippen LogP contribution in [0.2, 0.25) is 5.02 Å². The summed E-state index contributed by atoms with van der Waals surface area (Å²) in [6.45, 7) is 0. The van der Waals surface area contributed by atoms with Gasteiger partial charge in [0.1, 0.15) is 29.0 Å². The third-order valence-electron chi connectivity index (χ3n) is 3.25. The SMILES string of the molecule is NNC(c1cc2ccccc2o1)c1cc(F)c(Cl)cc1F. The Morgan fingerprint density at radius 1 is 1.10 bits per heavy atom. The lowest BCUT2D eigenvalue weighted by molar-refractivity contribution is 0.460. The molecule has 1 unspecified atom stereocenters. The zero-order chi connectivity index (χ0) is 15.0. The molecule has 0 spiro atoms. The molecule has 2 aromatic carbocycles. The van der Waals surface area contributed by atoms with E-state index >= 15 is 0 Å². The van der Waals surface area contributed by atoms with E-state index in [0.29, 0.717) is 11.3 Å². The maximum atomic E-state index is 14.0. The summed E-state index contributed by atoms with van der Waals surface area (Å²) in [5.41, 5.74) is 3.11. The molecular weight excluding hydrogens is 298 g/mol. The Morgan fingerprint density at radius 2 is 1.86 bits per heavy atom. The van der Waals surface area contributed by atoms with Crippen LogP contribution in [0.4, 0.5) is 8.78 Å². The van der Waals surface area contributed by atoms with E-state index in [1.165, 1.54) is 0 Å². The number of fused-ring (bicyclic) bond motifs is 1. The third kappa shape index (κ3) is 2.51. The standard InChI is InChI=1S/C15H11ClF2N2O/c16-10-7-11(17)9(6-12(10)18)15(20-19)14-5-8-3-1-2-4-13(8)21-14/h1-7,15,20H,19H2. The second kappa shape index (κ2) is 5.44. The van der Waals surface area contributed by atoms with Gasteiger partial charge in [-0.3, -0.25) is 5.84 Å². The van der Waals surface area contributed by atoms with E-state index in [1.54, 1.807) is 12.1 Å². The van der Waals surface area contributed by atoms with E-state index in [-0.39, 0.29) is 10.6 Å². The van der Waals surface area contributed by atoms with Crippen LogP contribution in [-0.2, 0) is 0 Å². The van der Waals surface area contributed by atoms with E-state index in [9.17, 15) is 8.78 Å². The molecule has 3 N–H and O–H groups in total. The van der Waals surface area contributed by atoms with Crippen molar-refractivity contribution in [1.82, 2.24) is 5.43 Å². The second-order valence-electron chi connectivity index (χ2n) is 4.57. The molecule has 3 nitrogen and oxygen atoms in total. The van der Waals surface area contributed by atoms with Gasteiger partial charge in [-0.05, 0) is 24.3 Å². The summed E-state index contributed by atoms with van der Waals surface area (Å²) in [6, 6.07) is 10.2. The predicted octanol–water partition coefficient (Wildman–Crippen LogP) is 3.92. The predicted molar refractivity (Wildman–Crippen MR) is 76.7 cm³/mol. The number of nitrogens with one attached hydrogen (secondary N) is 1. The van der Waals surface area contributed by atoms with Crippen LogP contribution in [0.1, 0.15) is 17.4 Å². The van der Waals surface area contributed by atoms with Crippen LogP contribution >= 0.6 is 11.6 Å². The Kier molecular flexibility index (Phi) is 3.63. The second-order valence-corrected chi connectivity index (χ2v) is 4.98. The van der Waals surface area contributed by atoms with Crippen molar-refractivity contribution in [3.05, 3.63) is 70.4 Å². The fourth-order valence-electron chi connectivity index (χ4n) is 2.23. The van der Waals surface area contributed by atoms with Crippen LogP contribution in [-0.4, -0.2) is 0 Å². The minimum absolute atomic E-state index is 0.0263. The number of rotatable bonds is 3. The van der Waals surface area contributed by atoms with Gasteiger partial charge < -0.3 is 4.42 Å². The molecule has 3 aromatic rings. The first kappa shape index (κ1) is 14.0. The summed E-state index contributed by atoms with van der Waals surface area (Å²) in [5, 5.41) is 0.569. The zero-order valence-electron chi connectivity index (χ0n) is 10.7. The van der Waals surface area contributed by atoms with Gasteiger partial charge in [0, 0.05) is 10.9 Å². The summed E-state index contributed by atoms with van der Waals surface area (Å²) in [6.07, 6.45) is 0.